The number of rotatable bonds is 2. The summed E-state index contributed by atoms with van der Waals surface area (Å²) in [5.41, 5.74) is 10.0. The van der Waals surface area contributed by atoms with Gasteiger partial charge in [0.15, 0.2) is 0 Å². The van der Waals surface area contributed by atoms with Crippen LogP contribution in [0.5, 0.6) is 0 Å². The van der Waals surface area contributed by atoms with E-state index in [0.29, 0.717) is 11.3 Å². The predicted octanol–water partition coefficient (Wildman–Crippen LogP) is 3.46. The molecule has 0 unspecified atom stereocenters. The van der Waals surface area contributed by atoms with E-state index in [4.69, 9.17) is 11.0 Å². The summed E-state index contributed by atoms with van der Waals surface area (Å²) in [7, 11) is 1.97. The van der Waals surface area contributed by atoms with Gasteiger partial charge in [-0.3, -0.25) is 4.98 Å². The average Bonchev–Trinajstić information content (AvgIpc) is 2.54. The van der Waals surface area contributed by atoms with Crippen LogP contribution < -0.4 is 10.6 Å². The molecule has 0 aliphatic carbocycles. The molecule has 2 aromatic carbocycles. The highest BCUT2D eigenvalue weighted by Crippen LogP contribution is 2.32. The lowest BCUT2D eigenvalue weighted by molar-refractivity contribution is 1.21. The van der Waals surface area contributed by atoms with Gasteiger partial charge >= 0.3 is 0 Å². The fraction of sp³-hybridized carbons (Fsp3) is 0.0588. The Morgan fingerprint density at radius 2 is 1.95 bits per heavy atom. The zero-order valence-corrected chi connectivity index (χ0v) is 11.6. The lowest BCUT2D eigenvalue weighted by atomic mass is 10.1. The maximum Gasteiger partial charge on any atom is 0.0992 e. The van der Waals surface area contributed by atoms with Gasteiger partial charge in [0.2, 0.25) is 0 Å². The molecule has 2 N–H and O–H groups in total. The number of pyridine rings is 1. The van der Waals surface area contributed by atoms with E-state index < -0.39 is 0 Å². The molecule has 0 spiro atoms. The standard InChI is InChI=1S/C17H14N4/c1-21(13-5-2-4-12(10-13)11-18)16-8-9-20-17-14(16)6-3-7-15(17)19/h2-10H,19H2,1H3. The molecule has 4 nitrogen and oxygen atoms in total. The monoisotopic (exact) mass is 274 g/mol. The number of hydrogen-bond acceptors (Lipinski definition) is 4. The number of nitrogen functional groups attached to an aromatic ring is 1. The number of nitriles is 1. The summed E-state index contributed by atoms with van der Waals surface area (Å²) in [6.07, 6.45) is 1.75. The van der Waals surface area contributed by atoms with Crippen LogP contribution in [0.15, 0.2) is 54.7 Å². The van der Waals surface area contributed by atoms with Gasteiger partial charge in [-0.05, 0) is 30.3 Å². The summed E-state index contributed by atoms with van der Waals surface area (Å²) in [5.74, 6) is 0. The minimum Gasteiger partial charge on any atom is -0.397 e. The number of hydrogen-bond donors (Lipinski definition) is 1. The van der Waals surface area contributed by atoms with Gasteiger partial charge in [-0.1, -0.05) is 18.2 Å². The Bertz CT molecular complexity index is 849. The van der Waals surface area contributed by atoms with Gasteiger partial charge in [0.05, 0.1) is 28.5 Å². The van der Waals surface area contributed by atoms with E-state index in [9.17, 15) is 0 Å². The zero-order chi connectivity index (χ0) is 14.8. The third kappa shape index (κ3) is 2.26. The summed E-state index contributed by atoms with van der Waals surface area (Å²) >= 11 is 0. The molecule has 4 heteroatoms. The molecule has 3 rings (SSSR count). The zero-order valence-electron chi connectivity index (χ0n) is 11.6. The SMILES string of the molecule is CN(c1cccc(C#N)c1)c1ccnc2c(N)cccc12. The van der Waals surface area contributed by atoms with Crippen molar-refractivity contribution in [2.75, 3.05) is 17.7 Å². The van der Waals surface area contributed by atoms with Crippen LogP contribution in [0.3, 0.4) is 0 Å². The summed E-state index contributed by atoms with van der Waals surface area (Å²) in [6.45, 7) is 0. The number of nitrogens with zero attached hydrogens (tertiary/aromatic N) is 3. The summed E-state index contributed by atoms with van der Waals surface area (Å²) in [4.78, 5) is 6.38. The molecule has 1 aromatic heterocycles. The van der Waals surface area contributed by atoms with Gasteiger partial charge < -0.3 is 10.6 Å². The third-order valence-electron chi connectivity index (χ3n) is 3.50. The maximum absolute atomic E-state index is 9.03. The first-order valence-corrected chi connectivity index (χ1v) is 6.58. The second-order valence-corrected chi connectivity index (χ2v) is 4.79. The van der Waals surface area contributed by atoms with Crippen LogP contribution in [0, 0.1) is 11.3 Å². The second kappa shape index (κ2) is 5.14. The Kier molecular flexibility index (Phi) is 3.17. The maximum atomic E-state index is 9.03. The molecule has 0 bridgehead atoms. The topological polar surface area (TPSA) is 65.9 Å². The van der Waals surface area contributed by atoms with Crippen LogP contribution >= 0.6 is 0 Å². The van der Waals surface area contributed by atoms with E-state index in [-0.39, 0.29) is 0 Å². The first kappa shape index (κ1) is 12.9. The van der Waals surface area contributed by atoms with Crippen LogP contribution in [-0.4, -0.2) is 12.0 Å². The molecule has 0 aliphatic rings. The first-order valence-electron chi connectivity index (χ1n) is 6.58. The smallest absolute Gasteiger partial charge is 0.0992 e. The molecule has 0 saturated carbocycles. The van der Waals surface area contributed by atoms with Gasteiger partial charge in [-0.25, -0.2) is 0 Å². The first-order chi connectivity index (χ1) is 10.2. The lowest BCUT2D eigenvalue weighted by Gasteiger charge is -2.21. The Morgan fingerprint density at radius 1 is 1.14 bits per heavy atom. The van der Waals surface area contributed by atoms with Gasteiger partial charge in [0, 0.05) is 24.3 Å². The number of anilines is 3. The van der Waals surface area contributed by atoms with Crippen molar-refractivity contribution in [1.82, 2.24) is 4.98 Å². The molecule has 0 amide bonds. The van der Waals surface area contributed by atoms with Crippen LogP contribution in [0.2, 0.25) is 0 Å². The van der Waals surface area contributed by atoms with Crippen molar-refractivity contribution in [1.29, 1.82) is 5.26 Å². The minimum absolute atomic E-state index is 0.636. The quantitative estimate of drug-likeness (QED) is 0.727. The molecule has 0 fully saturated rings. The number of para-hydroxylation sites is 1. The molecule has 102 valence electrons. The minimum atomic E-state index is 0.636. The van der Waals surface area contributed by atoms with E-state index in [1.54, 1.807) is 12.3 Å². The molecule has 3 aromatic rings. The van der Waals surface area contributed by atoms with E-state index in [2.05, 4.69) is 11.1 Å². The third-order valence-corrected chi connectivity index (χ3v) is 3.50. The van der Waals surface area contributed by atoms with Crippen molar-refractivity contribution in [3.05, 3.63) is 60.3 Å². The van der Waals surface area contributed by atoms with Crippen molar-refractivity contribution in [2.24, 2.45) is 0 Å². The summed E-state index contributed by atoms with van der Waals surface area (Å²) < 4.78 is 0. The van der Waals surface area contributed by atoms with Crippen LogP contribution in [0.4, 0.5) is 17.1 Å². The van der Waals surface area contributed by atoms with E-state index in [1.165, 1.54) is 0 Å². The second-order valence-electron chi connectivity index (χ2n) is 4.79. The number of nitrogens with two attached hydrogens (primary N) is 1. The highest BCUT2D eigenvalue weighted by atomic mass is 15.1. The molecule has 0 radical (unpaired) electrons. The Labute approximate surface area is 123 Å². The Balaban J connectivity index is 2.16. The number of aromatic nitrogens is 1. The Morgan fingerprint density at radius 3 is 2.76 bits per heavy atom. The van der Waals surface area contributed by atoms with Crippen LogP contribution in [0.25, 0.3) is 10.9 Å². The molecular formula is C17H14N4. The van der Waals surface area contributed by atoms with Crippen molar-refractivity contribution in [3.8, 4) is 6.07 Å². The predicted molar refractivity (Wildman–Crippen MR) is 85.4 cm³/mol. The highest BCUT2D eigenvalue weighted by molar-refractivity contribution is 5.99. The average molecular weight is 274 g/mol. The van der Waals surface area contributed by atoms with Crippen molar-refractivity contribution in [3.63, 3.8) is 0 Å². The number of benzene rings is 2. The van der Waals surface area contributed by atoms with E-state index >= 15 is 0 Å². The molecule has 21 heavy (non-hydrogen) atoms. The van der Waals surface area contributed by atoms with Gasteiger partial charge in [0.25, 0.3) is 0 Å². The highest BCUT2D eigenvalue weighted by Gasteiger charge is 2.10. The molecular weight excluding hydrogens is 260 g/mol. The van der Waals surface area contributed by atoms with E-state index in [0.717, 1.165) is 22.3 Å². The van der Waals surface area contributed by atoms with Crippen LogP contribution in [0.1, 0.15) is 5.56 Å². The Hall–Kier alpha value is -3.06. The van der Waals surface area contributed by atoms with Crippen molar-refractivity contribution >= 4 is 28.0 Å². The van der Waals surface area contributed by atoms with Crippen LogP contribution in [-0.2, 0) is 0 Å². The van der Waals surface area contributed by atoms with Crippen molar-refractivity contribution in [2.45, 2.75) is 0 Å². The fourth-order valence-corrected chi connectivity index (χ4v) is 2.40. The lowest BCUT2D eigenvalue weighted by Crippen LogP contribution is -2.10. The van der Waals surface area contributed by atoms with Crippen molar-refractivity contribution < 1.29 is 0 Å². The normalized spacial score (nSPS) is 10.3. The van der Waals surface area contributed by atoms with Gasteiger partial charge in [-0.2, -0.15) is 5.26 Å². The largest absolute Gasteiger partial charge is 0.397 e. The molecule has 0 aliphatic heterocycles. The fourth-order valence-electron chi connectivity index (χ4n) is 2.40. The summed E-state index contributed by atoms with van der Waals surface area (Å²) in [5, 5.41) is 10.0. The molecule has 1 heterocycles. The van der Waals surface area contributed by atoms with E-state index in [1.807, 2.05) is 54.4 Å². The van der Waals surface area contributed by atoms with Gasteiger partial charge in [-0.15, -0.1) is 0 Å². The molecule has 0 saturated heterocycles. The van der Waals surface area contributed by atoms with Gasteiger partial charge in [0.1, 0.15) is 0 Å². The molecule has 0 atom stereocenters. The summed E-state index contributed by atoms with van der Waals surface area (Å²) in [6, 6.07) is 17.4. The number of fused-ring (bicyclic) bond motifs is 1.